The minimum Gasteiger partial charge on any atom is -0.338 e. The van der Waals surface area contributed by atoms with Gasteiger partial charge in [-0.05, 0) is 18.6 Å². The van der Waals surface area contributed by atoms with Crippen molar-refractivity contribution in [3.63, 3.8) is 0 Å². The lowest BCUT2D eigenvalue weighted by Crippen LogP contribution is -2.37. The number of benzene rings is 1. The zero-order chi connectivity index (χ0) is 20.8. The average Bonchev–Trinajstić information content (AvgIpc) is 3.24. The van der Waals surface area contributed by atoms with E-state index >= 15 is 0 Å². The van der Waals surface area contributed by atoms with Crippen LogP contribution in [0.3, 0.4) is 0 Å². The highest BCUT2D eigenvalue weighted by atomic mass is 19.4. The number of aryl methyl sites for hydroxylation is 2. The molecule has 152 valence electrons. The lowest BCUT2D eigenvalue weighted by Gasteiger charge is -2.27. The average molecular weight is 405 g/mol. The molecule has 1 aromatic carbocycles. The number of alkyl halides is 3. The van der Waals surface area contributed by atoms with Crippen LogP contribution < -0.4 is 0 Å². The standard InChI is InChI=1S/C19H18F3N5O2/c1-11-23-18(29-25-11)17-14-10-27(7-6-15(14)26(2)24-17)16(28)9-12-4-3-5-13(8-12)19(20,21)22/h3-5,8H,6-7,9-10H2,1-2H3. The number of nitrogens with zero attached hydrogens (tertiary/aromatic N) is 5. The number of carbonyl (C=O) groups is 1. The van der Waals surface area contributed by atoms with Crippen molar-refractivity contribution < 1.29 is 22.5 Å². The van der Waals surface area contributed by atoms with E-state index in [1.54, 1.807) is 16.5 Å². The zero-order valence-electron chi connectivity index (χ0n) is 15.8. The molecule has 29 heavy (non-hydrogen) atoms. The highest BCUT2D eigenvalue weighted by molar-refractivity contribution is 5.79. The van der Waals surface area contributed by atoms with Crippen LogP contribution in [-0.4, -0.2) is 37.3 Å². The van der Waals surface area contributed by atoms with Crippen molar-refractivity contribution in [1.82, 2.24) is 24.8 Å². The Bertz CT molecular complexity index is 1070. The number of aromatic nitrogens is 4. The molecule has 0 N–H and O–H groups in total. The lowest BCUT2D eigenvalue weighted by molar-refractivity contribution is -0.138. The van der Waals surface area contributed by atoms with Crippen molar-refractivity contribution >= 4 is 5.91 Å². The molecule has 4 rings (SSSR count). The number of carbonyl (C=O) groups excluding carboxylic acids is 1. The number of hydrogen-bond donors (Lipinski definition) is 0. The van der Waals surface area contributed by atoms with Gasteiger partial charge in [0, 0.05) is 37.8 Å². The minimum atomic E-state index is -4.44. The second-order valence-electron chi connectivity index (χ2n) is 6.98. The van der Waals surface area contributed by atoms with Gasteiger partial charge in [-0.2, -0.15) is 23.3 Å². The second kappa shape index (κ2) is 7.02. The summed E-state index contributed by atoms with van der Waals surface area (Å²) in [5.41, 5.74) is 1.89. The molecule has 0 bridgehead atoms. The van der Waals surface area contributed by atoms with Crippen molar-refractivity contribution in [2.75, 3.05) is 6.54 Å². The normalized spacial score (nSPS) is 14.2. The van der Waals surface area contributed by atoms with Gasteiger partial charge >= 0.3 is 6.18 Å². The Hall–Kier alpha value is -3.17. The predicted octanol–water partition coefficient (Wildman–Crippen LogP) is 2.92. The second-order valence-corrected chi connectivity index (χ2v) is 6.98. The van der Waals surface area contributed by atoms with Crippen LogP contribution in [0.1, 0.15) is 28.2 Å². The third kappa shape index (κ3) is 3.74. The summed E-state index contributed by atoms with van der Waals surface area (Å²) in [5.74, 6) is 0.519. The monoisotopic (exact) mass is 405 g/mol. The Kier molecular flexibility index (Phi) is 4.64. The molecule has 3 aromatic rings. The Morgan fingerprint density at radius 1 is 1.31 bits per heavy atom. The first-order chi connectivity index (χ1) is 13.7. The van der Waals surface area contributed by atoms with Gasteiger partial charge in [-0.1, -0.05) is 23.4 Å². The number of fused-ring (bicyclic) bond motifs is 1. The molecule has 1 amide bonds. The maximum absolute atomic E-state index is 12.9. The van der Waals surface area contributed by atoms with Crippen LogP contribution in [0.4, 0.5) is 13.2 Å². The summed E-state index contributed by atoms with van der Waals surface area (Å²) in [6, 6.07) is 4.86. The summed E-state index contributed by atoms with van der Waals surface area (Å²) in [6.07, 6.45) is -3.96. The molecule has 0 aliphatic carbocycles. The molecule has 0 radical (unpaired) electrons. The molecular formula is C19H18F3N5O2. The van der Waals surface area contributed by atoms with Crippen LogP contribution in [0.2, 0.25) is 0 Å². The SMILES string of the molecule is Cc1noc(-c2nn(C)c3c2CN(C(=O)Cc2cccc(C(F)(F)F)c2)CC3)n1. The minimum absolute atomic E-state index is 0.103. The number of rotatable bonds is 3. The van der Waals surface area contributed by atoms with Crippen molar-refractivity contribution in [3.05, 3.63) is 52.5 Å². The molecule has 0 unspecified atom stereocenters. The molecule has 7 nitrogen and oxygen atoms in total. The first-order valence-electron chi connectivity index (χ1n) is 9.01. The van der Waals surface area contributed by atoms with Crippen molar-refractivity contribution in [3.8, 4) is 11.6 Å². The molecular weight excluding hydrogens is 387 g/mol. The van der Waals surface area contributed by atoms with E-state index in [-0.39, 0.29) is 24.8 Å². The quantitative estimate of drug-likeness (QED) is 0.670. The van der Waals surface area contributed by atoms with Gasteiger partial charge in [0.15, 0.2) is 11.5 Å². The van der Waals surface area contributed by atoms with E-state index in [0.717, 1.165) is 23.4 Å². The van der Waals surface area contributed by atoms with Gasteiger partial charge in [-0.25, -0.2) is 0 Å². The van der Waals surface area contributed by atoms with Gasteiger partial charge in [-0.3, -0.25) is 9.48 Å². The summed E-state index contributed by atoms with van der Waals surface area (Å²) < 4.78 is 45.7. The fraction of sp³-hybridized carbons (Fsp3) is 0.368. The Morgan fingerprint density at radius 2 is 2.10 bits per heavy atom. The van der Waals surface area contributed by atoms with Crippen molar-refractivity contribution in [2.45, 2.75) is 32.5 Å². The number of amides is 1. The molecule has 1 aliphatic heterocycles. The molecule has 1 aliphatic rings. The zero-order valence-corrected chi connectivity index (χ0v) is 15.8. The smallest absolute Gasteiger partial charge is 0.338 e. The summed E-state index contributed by atoms with van der Waals surface area (Å²) in [6.45, 7) is 2.46. The Labute approximate surface area is 164 Å². The van der Waals surface area contributed by atoms with E-state index in [1.807, 2.05) is 7.05 Å². The molecule has 0 spiro atoms. The van der Waals surface area contributed by atoms with Crippen molar-refractivity contribution in [1.29, 1.82) is 0 Å². The van der Waals surface area contributed by atoms with Crippen LogP contribution in [0.5, 0.6) is 0 Å². The van der Waals surface area contributed by atoms with Gasteiger partial charge in [0.1, 0.15) is 0 Å². The van der Waals surface area contributed by atoms with E-state index in [4.69, 9.17) is 4.52 Å². The largest absolute Gasteiger partial charge is 0.416 e. The van der Waals surface area contributed by atoms with E-state index in [9.17, 15) is 18.0 Å². The molecule has 0 atom stereocenters. The van der Waals surface area contributed by atoms with Crippen LogP contribution in [-0.2, 0) is 37.4 Å². The summed E-state index contributed by atoms with van der Waals surface area (Å²) in [5, 5.41) is 8.23. The fourth-order valence-electron chi connectivity index (χ4n) is 3.51. The number of halogens is 3. The topological polar surface area (TPSA) is 77.0 Å². The van der Waals surface area contributed by atoms with E-state index in [0.29, 0.717) is 30.0 Å². The molecule has 3 heterocycles. The highest BCUT2D eigenvalue weighted by Crippen LogP contribution is 2.31. The third-order valence-corrected chi connectivity index (χ3v) is 4.93. The lowest BCUT2D eigenvalue weighted by atomic mass is 10.0. The van der Waals surface area contributed by atoms with Gasteiger partial charge in [0.05, 0.1) is 12.0 Å². The first kappa shape index (κ1) is 19.2. The summed E-state index contributed by atoms with van der Waals surface area (Å²) in [7, 11) is 1.81. The van der Waals surface area contributed by atoms with Gasteiger partial charge < -0.3 is 9.42 Å². The van der Waals surface area contributed by atoms with Gasteiger partial charge in [-0.15, -0.1) is 0 Å². The van der Waals surface area contributed by atoms with E-state index < -0.39 is 11.7 Å². The predicted molar refractivity (Wildman–Crippen MR) is 95.5 cm³/mol. The van der Waals surface area contributed by atoms with E-state index in [2.05, 4.69) is 15.2 Å². The fourth-order valence-corrected chi connectivity index (χ4v) is 3.51. The Balaban J connectivity index is 1.55. The molecule has 0 saturated carbocycles. The third-order valence-electron chi connectivity index (χ3n) is 4.93. The molecule has 2 aromatic heterocycles. The first-order valence-corrected chi connectivity index (χ1v) is 9.01. The summed E-state index contributed by atoms with van der Waals surface area (Å²) in [4.78, 5) is 18.6. The van der Waals surface area contributed by atoms with Crippen LogP contribution in [0.25, 0.3) is 11.6 Å². The van der Waals surface area contributed by atoms with Crippen LogP contribution in [0, 0.1) is 6.92 Å². The van der Waals surface area contributed by atoms with Crippen LogP contribution in [0.15, 0.2) is 28.8 Å². The molecule has 0 fully saturated rings. The molecule has 0 saturated heterocycles. The van der Waals surface area contributed by atoms with Gasteiger partial charge in [0.25, 0.3) is 5.89 Å². The summed E-state index contributed by atoms with van der Waals surface area (Å²) >= 11 is 0. The maximum Gasteiger partial charge on any atom is 0.416 e. The van der Waals surface area contributed by atoms with Crippen LogP contribution >= 0.6 is 0 Å². The van der Waals surface area contributed by atoms with Gasteiger partial charge in [0.2, 0.25) is 5.91 Å². The van der Waals surface area contributed by atoms with Crippen molar-refractivity contribution in [2.24, 2.45) is 7.05 Å². The van der Waals surface area contributed by atoms with E-state index in [1.165, 1.54) is 12.1 Å². The molecule has 10 heteroatoms. The Morgan fingerprint density at radius 3 is 2.79 bits per heavy atom. The highest BCUT2D eigenvalue weighted by Gasteiger charge is 2.32. The number of hydrogen-bond acceptors (Lipinski definition) is 5. The maximum atomic E-state index is 12.9.